The molecule has 96 valence electrons. The third kappa shape index (κ3) is 2.39. The summed E-state index contributed by atoms with van der Waals surface area (Å²) in [6.07, 6.45) is 0. The molecule has 5 nitrogen and oxygen atoms in total. The molecule has 2 rings (SSSR count). The number of methoxy groups -OCH3 is 1. The Labute approximate surface area is 114 Å². The molecule has 1 heterocycles. The van der Waals surface area contributed by atoms with Crippen molar-refractivity contribution in [2.45, 2.75) is 6.04 Å². The lowest BCUT2D eigenvalue weighted by atomic mass is 10.0. The van der Waals surface area contributed by atoms with Crippen LogP contribution in [0.1, 0.15) is 17.3 Å². The molecule has 1 unspecified atom stereocenters. The van der Waals surface area contributed by atoms with Crippen molar-refractivity contribution in [2.24, 2.45) is 7.05 Å². The van der Waals surface area contributed by atoms with Gasteiger partial charge in [0.15, 0.2) is 4.60 Å². The number of nitrogens with one attached hydrogen (secondary N) is 1. The molecule has 0 aliphatic carbocycles. The topological polar surface area (TPSA) is 52.0 Å². The predicted octanol–water partition coefficient (Wildman–Crippen LogP) is 1.89. The second-order valence-electron chi connectivity index (χ2n) is 3.88. The van der Waals surface area contributed by atoms with Crippen LogP contribution in [0.3, 0.4) is 0 Å². The van der Waals surface area contributed by atoms with Crippen LogP contribution in [0.5, 0.6) is 5.75 Å². The van der Waals surface area contributed by atoms with E-state index >= 15 is 0 Å². The van der Waals surface area contributed by atoms with Gasteiger partial charge in [0.1, 0.15) is 5.75 Å². The molecule has 0 aliphatic rings. The summed E-state index contributed by atoms with van der Waals surface area (Å²) < 4.78 is 7.67. The van der Waals surface area contributed by atoms with Crippen LogP contribution in [-0.4, -0.2) is 29.2 Å². The van der Waals surface area contributed by atoms with Crippen LogP contribution in [0.2, 0.25) is 0 Å². The summed E-state index contributed by atoms with van der Waals surface area (Å²) in [5, 5.41) is 11.3. The van der Waals surface area contributed by atoms with E-state index in [9.17, 15) is 0 Å². The van der Waals surface area contributed by atoms with Gasteiger partial charge in [0.05, 0.1) is 18.8 Å². The van der Waals surface area contributed by atoms with Gasteiger partial charge in [0, 0.05) is 7.05 Å². The van der Waals surface area contributed by atoms with Crippen molar-refractivity contribution >= 4 is 15.9 Å². The Morgan fingerprint density at radius 3 is 2.44 bits per heavy atom. The zero-order chi connectivity index (χ0) is 13.1. The highest BCUT2D eigenvalue weighted by atomic mass is 79.9. The normalized spacial score (nSPS) is 12.4. The Morgan fingerprint density at radius 1 is 1.33 bits per heavy atom. The largest absolute Gasteiger partial charge is 0.497 e. The molecule has 18 heavy (non-hydrogen) atoms. The molecular formula is C12H15BrN4O. The summed E-state index contributed by atoms with van der Waals surface area (Å²) in [7, 11) is 5.45. The molecule has 2 aromatic rings. The van der Waals surface area contributed by atoms with Gasteiger partial charge in [-0.2, -0.15) is 0 Å². The monoisotopic (exact) mass is 310 g/mol. The summed E-state index contributed by atoms with van der Waals surface area (Å²) in [4.78, 5) is 0. The minimum atomic E-state index is 0.0327. The van der Waals surface area contributed by atoms with Crippen LogP contribution >= 0.6 is 15.9 Å². The average Bonchev–Trinajstić information content (AvgIpc) is 2.72. The third-order valence-corrected chi connectivity index (χ3v) is 3.40. The second kappa shape index (κ2) is 5.49. The molecule has 0 aliphatic heterocycles. The highest BCUT2D eigenvalue weighted by Gasteiger charge is 2.20. The molecule has 0 saturated heterocycles. The van der Waals surface area contributed by atoms with Crippen molar-refractivity contribution < 1.29 is 4.74 Å². The zero-order valence-corrected chi connectivity index (χ0v) is 12.1. The highest BCUT2D eigenvalue weighted by molar-refractivity contribution is 9.10. The lowest BCUT2D eigenvalue weighted by Gasteiger charge is -2.17. The van der Waals surface area contributed by atoms with E-state index in [1.54, 1.807) is 11.8 Å². The van der Waals surface area contributed by atoms with E-state index in [0.29, 0.717) is 0 Å². The van der Waals surface area contributed by atoms with E-state index < -0.39 is 0 Å². The molecule has 6 heteroatoms. The first-order valence-corrected chi connectivity index (χ1v) is 6.33. The minimum absolute atomic E-state index is 0.0327. The minimum Gasteiger partial charge on any atom is -0.497 e. The van der Waals surface area contributed by atoms with E-state index in [1.165, 1.54) is 0 Å². The molecule has 1 aromatic carbocycles. The fourth-order valence-electron chi connectivity index (χ4n) is 1.90. The van der Waals surface area contributed by atoms with Gasteiger partial charge in [-0.25, -0.2) is 4.68 Å². The Balaban J connectivity index is 2.39. The second-order valence-corrected chi connectivity index (χ2v) is 4.64. The van der Waals surface area contributed by atoms with E-state index in [1.807, 2.05) is 38.4 Å². The van der Waals surface area contributed by atoms with Crippen LogP contribution in [0.4, 0.5) is 0 Å². The summed E-state index contributed by atoms with van der Waals surface area (Å²) in [5.41, 5.74) is 2.12. The summed E-state index contributed by atoms with van der Waals surface area (Å²) in [6, 6.07) is 7.97. The molecule has 1 N–H and O–H groups in total. The van der Waals surface area contributed by atoms with Crippen LogP contribution in [0, 0.1) is 0 Å². The van der Waals surface area contributed by atoms with Gasteiger partial charge in [-0.3, -0.25) is 0 Å². The number of halogens is 1. The first-order valence-electron chi connectivity index (χ1n) is 5.53. The molecule has 0 bridgehead atoms. The quantitative estimate of drug-likeness (QED) is 0.937. The van der Waals surface area contributed by atoms with Gasteiger partial charge in [-0.15, -0.1) is 5.10 Å². The number of rotatable bonds is 4. The van der Waals surface area contributed by atoms with Gasteiger partial charge < -0.3 is 10.1 Å². The summed E-state index contributed by atoms with van der Waals surface area (Å²) in [5.74, 6) is 0.843. The molecule has 1 aromatic heterocycles. The number of hydrogen-bond acceptors (Lipinski definition) is 4. The van der Waals surface area contributed by atoms with E-state index in [-0.39, 0.29) is 6.04 Å². The molecule has 0 fully saturated rings. The Bertz CT molecular complexity index is 504. The number of nitrogens with zero attached hydrogens (tertiary/aromatic N) is 3. The maximum Gasteiger partial charge on any atom is 0.153 e. The Hall–Kier alpha value is -1.40. The van der Waals surface area contributed by atoms with Crippen molar-refractivity contribution in [3.05, 3.63) is 40.1 Å². The SMILES string of the molecule is CNC(c1ccc(OC)cc1)c1c(Br)nnn1C. The van der Waals surface area contributed by atoms with Crippen molar-refractivity contribution in [1.82, 2.24) is 20.3 Å². The summed E-state index contributed by atoms with van der Waals surface area (Å²) in [6.45, 7) is 0. The smallest absolute Gasteiger partial charge is 0.153 e. The first-order chi connectivity index (χ1) is 8.67. The van der Waals surface area contributed by atoms with Crippen molar-refractivity contribution in [1.29, 1.82) is 0 Å². The highest BCUT2D eigenvalue weighted by Crippen LogP contribution is 2.27. The number of benzene rings is 1. The van der Waals surface area contributed by atoms with Crippen molar-refractivity contribution in [3.63, 3.8) is 0 Å². The molecule has 0 spiro atoms. The van der Waals surface area contributed by atoms with Gasteiger partial charge in [-0.1, -0.05) is 17.3 Å². The van der Waals surface area contributed by atoms with Crippen LogP contribution in [-0.2, 0) is 7.05 Å². The molecule has 1 atom stereocenters. The molecular weight excluding hydrogens is 296 g/mol. The standard InChI is InChI=1S/C12H15BrN4O/c1-14-10(11-12(13)15-16-17(11)2)8-4-6-9(18-3)7-5-8/h4-7,10,14H,1-3H3. The van der Waals surface area contributed by atoms with Crippen LogP contribution < -0.4 is 10.1 Å². The maximum atomic E-state index is 5.16. The Morgan fingerprint density at radius 2 is 2.00 bits per heavy atom. The molecule has 0 amide bonds. The number of ether oxygens (including phenoxy) is 1. The number of aryl methyl sites for hydroxylation is 1. The predicted molar refractivity (Wildman–Crippen MR) is 72.6 cm³/mol. The fraction of sp³-hybridized carbons (Fsp3) is 0.333. The lowest BCUT2D eigenvalue weighted by molar-refractivity contribution is 0.414. The van der Waals surface area contributed by atoms with Gasteiger partial charge in [0.25, 0.3) is 0 Å². The van der Waals surface area contributed by atoms with Crippen LogP contribution in [0.15, 0.2) is 28.9 Å². The lowest BCUT2D eigenvalue weighted by Crippen LogP contribution is -2.21. The van der Waals surface area contributed by atoms with E-state index in [4.69, 9.17) is 4.74 Å². The van der Waals surface area contributed by atoms with Crippen molar-refractivity contribution in [3.8, 4) is 5.75 Å². The maximum absolute atomic E-state index is 5.16. The number of aromatic nitrogens is 3. The van der Waals surface area contributed by atoms with Gasteiger partial charge in [-0.05, 0) is 40.7 Å². The summed E-state index contributed by atoms with van der Waals surface area (Å²) >= 11 is 3.42. The fourth-order valence-corrected chi connectivity index (χ4v) is 2.46. The zero-order valence-electron chi connectivity index (χ0n) is 10.5. The average molecular weight is 311 g/mol. The van der Waals surface area contributed by atoms with Crippen molar-refractivity contribution in [2.75, 3.05) is 14.2 Å². The Kier molecular flexibility index (Phi) is 3.98. The van der Waals surface area contributed by atoms with E-state index in [2.05, 4.69) is 31.6 Å². The number of hydrogen-bond donors (Lipinski definition) is 1. The molecule has 0 radical (unpaired) electrons. The van der Waals surface area contributed by atoms with Crippen LogP contribution in [0.25, 0.3) is 0 Å². The van der Waals surface area contributed by atoms with E-state index in [0.717, 1.165) is 21.6 Å². The van der Waals surface area contributed by atoms with Gasteiger partial charge >= 0.3 is 0 Å². The third-order valence-electron chi connectivity index (χ3n) is 2.84. The first kappa shape index (κ1) is 13.0. The van der Waals surface area contributed by atoms with Gasteiger partial charge in [0.2, 0.25) is 0 Å². The molecule has 0 saturated carbocycles.